The normalized spacial score (nSPS) is 10.7. The van der Waals surface area contributed by atoms with Gasteiger partial charge in [0.1, 0.15) is 0 Å². The van der Waals surface area contributed by atoms with E-state index in [1.54, 1.807) is 0 Å². The van der Waals surface area contributed by atoms with E-state index in [1.807, 2.05) is 0 Å². The lowest BCUT2D eigenvalue weighted by Gasteiger charge is -2.03. The average molecular weight is 171 g/mol. The van der Waals surface area contributed by atoms with Crippen molar-refractivity contribution in [1.29, 1.82) is 0 Å². The molecule has 0 atom stereocenters. The van der Waals surface area contributed by atoms with E-state index in [4.69, 9.17) is 0 Å². The zero-order chi connectivity index (χ0) is 9.42. The van der Waals surface area contributed by atoms with Gasteiger partial charge in [-0.2, -0.15) is 0 Å². The third-order valence-corrected chi connectivity index (χ3v) is 2.41. The lowest BCUT2D eigenvalue weighted by molar-refractivity contribution is 1.19. The van der Waals surface area contributed by atoms with Gasteiger partial charge in [0.15, 0.2) is 0 Å². The Bertz CT molecular complexity index is 458. The molecule has 1 heteroatoms. The van der Waals surface area contributed by atoms with Gasteiger partial charge in [-0.05, 0) is 44.5 Å². The molecule has 2 rings (SSSR count). The van der Waals surface area contributed by atoms with Crippen LogP contribution in [0.3, 0.4) is 0 Å². The van der Waals surface area contributed by atoms with Crippen LogP contribution in [-0.2, 0) is 0 Å². The predicted molar refractivity (Wildman–Crippen MR) is 56.0 cm³/mol. The van der Waals surface area contributed by atoms with E-state index in [0.29, 0.717) is 0 Å². The third kappa shape index (κ3) is 1.42. The van der Waals surface area contributed by atoms with E-state index in [9.17, 15) is 0 Å². The molecule has 0 saturated carbocycles. The van der Waals surface area contributed by atoms with Crippen molar-refractivity contribution in [2.75, 3.05) is 0 Å². The molecule has 1 heterocycles. The summed E-state index contributed by atoms with van der Waals surface area (Å²) in [5.41, 5.74) is 4.76. The van der Waals surface area contributed by atoms with Crippen molar-refractivity contribution in [1.82, 2.24) is 4.98 Å². The van der Waals surface area contributed by atoms with Crippen LogP contribution in [0.5, 0.6) is 0 Å². The maximum Gasteiger partial charge on any atom is 0.0705 e. The highest BCUT2D eigenvalue weighted by atomic mass is 14.7. The molecule has 0 aliphatic heterocycles. The number of hydrogen-bond donors (Lipinski definition) is 0. The zero-order valence-corrected chi connectivity index (χ0v) is 8.26. The number of benzene rings is 1. The highest BCUT2D eigenvalue weighted by Gasteiger charge is 1.98. The Morgan fingerprint density at radius 1 is 1.00 bits per heavy atom. The molecule has 0 spiro atoms. The molecule has 66 valence electrons. The Hall–Kier alpha value is -1.37. The van der Waals surface area contributed by atoms with Gasteiger partial charge in [-0.1, -0.05) is 11.6 Å². The monoisotopic (exact) mass is 171 g/mol. The largest absolute Gasteiger partial charge is 0.253 e. The molecule has 0 N–H and O–H groups in total. The van der Waals surface area contributed by atoms with Crippen LogP contribution in [0.1, 0.15) is 16.8 Å². The molecule has 13 heavy (non-hydrogen) atoms. The molecular weight excluding hydrogens is 158 g/mol. The van der Waals surface area contributed by atoms with Crippen molar-refractivity contribution in [3.05, 3.63) is 41.1 Å². The van der Waals surface area contributed by atoms with Crippen LogP contribution in [0.25, 0.3) is 10.9 Å². The quantitative estimate of drug-likeness (QED) is 0.593. The summed E-state index contributed by atoms with van der Waals surface area (Å²) < 4.78 is 0. The lowest BCUT2D eigenvalue weighted by atomic mass is 10.1. The molecule has 1 aromatic carbocycles. The third-order valence-electron chi connectivity index (χ3n) is 2.41. The summed E-state index contributed by atoms with van der Waals surface area (Å²) >= 11 is 0. The summed E-state index contributed by atoms with van der Waals surface area (Å²) in [6.07, 6.45) is 0. The van der Waals surface area contributed by atoms with Crippen molar-refractivity contribution in [2.24, 2.45) is 0 Å². The van der Waals surface area contributed by atoms with Crippen molar-refractivity contribution in [2.45, 2.75) is 20.8 Å². The zero-order valence-electron chi connectivity index (χ0n) is 8.26. The maximum absolute atomic E-state index is 4.52. The molecule has 0 aliphatic carbocycles. The second kappa shape index (κ2) is 2.84. The second-order valence-corrected chi connectivity index (χ2v) is 3.59. The molecular formula is C12H13N. The number of hydrogen-bond acceptors (Lipinski definition) is 1. The molecule has 0 radical (unpaired) electrons. The first-order valence-electron chi connectivity index (χ1n) is 4.51. The van der Waals surface area contributed by atoms with Crippen LogP contribution < -0.4 is 0 Å². The molecule has 1 nitrogen and oxygen atoms in total. The van der Waals surface area contributed by atoms with Gasteiger partial charge >= 0.3 is 0 Å². The number of nitrogens with zero attached hydrogens (tertiary/aromatic N) is 1. The maximum atomic E-state index is 4.52. The van der Waals surface area contributed by atoms with Crippen molar-refractivity contribution in [3.8, 4) is 0 Å². The van der Waals surface area contributed by atoms with Crippen molar-refractivity contribution in [3.63, 3.8) is 0 Å². The minimum Gasteiger partial charge on any atom is -0.253 e. The Labute approximate surface area is 78.4 Å². The number of aryl methyl sites for hydroxylation is 3. The molecule has 0 saturated heterocycles. The molecule has 0 unspecified atom stereocenters. The number of pyridine rings is 1. The first-order chi connectivity index (χ1) is 6.16. The van der Waals surface area contributed by atoms with Gasteiger partial charge < -0.3 is 0 Å². The topological polar surface area (TPSA) is 12.9 Å². The first-order valence-corrected chi connectivity index (χ1v) is 4.51. The Balaban J connectivity index is 2.81. The van der Waals surface area contributed by atoms with Crippen LogP contribution in [0.15, 0.2) is 24.3 Å². The SMILES string of the molecule is Cc1ccc2nc(C)c(C)cc2c1. The van der Waals surface area contributed by atoms with Crippen LogP contribution >= 0.6 is 0 Å². The molecule has 0 bridgehead atoms. The Morgan fingerprint density at radius 2 is 1.77 bits per heavy atom. The molecule has 0 amide bonds. The smallest absolute Gasteiger partial charge is 0.0705 e. The summed E-state index contributed by atoms with van der Waals surface area (Å²) in [4.78, 5) is 4.52. The number of fused-ring (bicyclic) bond motifs is 1. The number of aromatic nitrogens is 1. The van der Waals surface area contributed by atoms with E-state index in [0.717, 1.165) is 11.2 Å². The highest BCUT2D eigenvalue weighted by molar-refractivity contribution is 5.80. The van der Waals surface area contributed by atoms with E-state index in [1.165, 1.54) is 16.5 Å². The summed E-state index contributed by atoms with van der Waals surface area (Å²) in [6.45, 7) is 6.26. The first kappa shape index (κ1) is 8.24. The van der Waals surface area contributed by atoms with Gasteiger partial charge in [-0.3, -0.25) is 4.98 Å². The van der Waals surface area contributed by atoms with Crippen molar-refractivity contribution >= 4 is 10.9 Å². The van der Waals surface area contributed by atoms with Gasteiger partial charge in [0, 0.05) is 11.1 Å². The van der Waals surface area contributed by atoms with E-state index < -0.39 is 0 Å². The molecule has 0 fully saturated rings. The minimum absolute atomic E-state index is 1.09. The van der Waals surface area contributed by atoms with E-state index in [-0.39, 0.29) is 0 Å². The van der Waals surface area contributed by atoms with E-state index >= 15 is 0 Å². The highest BCUT2D eigenvalue weighted by Crippen LogP contribution is 2.16. The van der Waals surface area contributed by atoms with Crippen LogP contribution in [0.2, 0.25) is 0 Å². The van der Waals surface area contributed by atoms with Gasteiger partial charge in [0.25, 0.3) is 0 Å². The minimum atomic E-state index is 1.09. The number of rotatable bonds is 0. The average Bonchev–Trinajstić information content (AvgIpc) is 2.08. The molecule has 0 aliphatic rings. The fourth-order valence-electron chi connectivity index (χ4n) is 1.50. The Kier molecular flexibility index (Phi) is 1.80. The van der Waals surface area contributed by atoms with Gasteiger partial charge in [0.05, 0.1) is 5.52 Å². The predicted octanol–water partition coefficient (Wildman–Crippen LogP) is 3.16. The second-order valence-electron chi connectivity index (χ2n) is 3.59. The summed E-state index contributed by atoms with van der Waals surface area (Å²) in [5.74, 6) is 0. The Morgan fingerprint density at radius 3 is 2.54 bits per heavy atom. The van der Waals surface area contributed by atoms with Crippen LogP contribution in [-0.4, -0.2) is 4.98 Å². The summed E-state index contributed by atoms with van der Waals surface area (Å²) in [5, 5.41) is 1.24. The molecule has 1 aromatic heterocycles. The lowest BCUT2D eigenvalue weighted by Crippen LogP contribution is -1.88. The van der Waals surface area contributed by atoms with E-state index in [2.05, 4.69) is 50.0 Å². The van der Waals surface area contributed by atoms with Crippen molar-refractivity contribution < 1.29 is 0 Å². The molecule has 2 aromatic rings. The van der Waals surface area contributed by atoms with Crippen LogP contribution in [0.4, 0.5) is 0 Å². The van der Waals surface area contributed by atoms with Gasteiger partial charge in [0.2, 0.25) is 0 Å². The van der Waals surface area contributed by atoms with Gasteiger partial charge in [-0.15, -0.1) is 0 Å². The standard InChI is InChI=1S/C12H13N/c1-8-4-5-12-11(6-8)7-9(2)10(3)13-12/h4-7H,1-3H3. The summed E-state index contributed by atoms with van der Waals surface area (Å²) in [7, 11) is 0. The van der Waals surface area contributed by atoms with Gasteiger partial charge in [-0.25, -0.2) is 0 Å². The fraction of sp³-hybridized carbons (Fsp3) is 0.250. The fourth-order valence-corrected chi connectivity index (χ4v) is 1.50. The van der Waals surface area contributed by atoms with Crippen LogP contribution in [0, 0.1) is 20.8 Å². The summed E-state index contributed by atoms with van der Waals surface area (Å²) in [6, 6.07) is 8.56.